The minimum atomic E-state index is -0.833. The van der Waals surface area contributed by atoms with Crippen molar-refractivity contribution in [3.63, 3.8) is 0 Å². The summed E-state index contributed by atoms with van der Waals surface area (Å²) in [5.41, 5.74) is 0.0446. The van der Waals surface area contributed by atoms with Crippen LogP contribution >= 0.6 is 0 Å². The second kappa shape index (κ2) is 6.54. The number of aliphatic hydroxyl groups excluding tert-OH is 2. The summed E-state index contributed by atoms with van der Waals surface area (Å²) in [7, 11) is 0. The lowest BCUT2D eigenvalue weighted by Gasteiger charge is -2.36. The molecule has 0 heterocycles. The van der Waals surface area contributed by atoms with Crippen LogP contribution in [0.2, 0.25) is 0 Å². The molecule has 0 aromatic heterocycles. The lowest BCUT2D eigenvalue weighted by molar-refractivity contribution is -0.135. The number of aliphatic carboxylic acids is 2. The first-order valence-electron chi connectivity index (χ1n) is 6.63. The summed E-state index contributed by atoms with van der Waals surface area (Å²) in [6, 6.07) is 0. The summed E-state index contributed by atoms with van der Waals surface area (Å²) in [5.74, 6) is -1.36. The van der Waals surface area contributed by atoms with Crippen LogP contribution in [0.15, 0.2) is 0 Å². The van der Waals surface area contributed by atoms with Crippen LogP contribution in [-0.4, -0.2) is 44.6 Å². The second-order valence-electron chi connectivity index (χ2n) is 6.26. The van der Waals surface area contributed by atoms with E-state index >= 15 is 0 Å². The summed E-state index contributed by atoms with van der Waals surface area (Å²) in [6.07, 6.45) is 1.13. The average Bonchev–Trinajstić information content (AvgIpc) is 2.52. The van der Waals surface area contributed by atoms with Crippen LogP contribution in [0.4, 0.5) is 0 Å². The van der Waals surface area contributed by atoms with E-state index in [4.69, 9.17) is 19.8 Å². The summed E-state index contributed by atoms with van der Waals surface area (Å²) in [6.45, 7) is 8.61. The number of rotatable bonds is 0. The highest BCUT2D eigenvalue weighted by Crippen LogP contribution is 2.65. The maximum atomic E-state index is 9.83. The predicted octanol–water partition coefficient (Wildman–Crippen LogP) is 1.35. The number of carboxylic acid groups (broad SMARTS) is 2. The van der Waals surface area contributed by atoms with E-state index in [2.05, 4.69) is 20.8 Å². The lowest BCUT2D eigenvalue weighted by atomic mass is 9.70. The fraction of sp³-hybridized carbons (Fsp3) is 0.857. The van der Waals surface area contributed by atoms with Crippen molar-refractivity contribution < 1.29 is 30.0 Å². The number of hydrogen-bond donors (Lipinski definition) is 4. The molecule has 2 bridgehead atoms. The minimum Gasteiger partial charge on any atom is -0.481 e. The predicted molar refractivity (Wildman–Crippen MR) is 73.2 cm³/mol. The van der Waals surface area contributed by atoms with Crippen LogP contribution in [0.25, 0.3) is 0 Å². The van der Waals surface area contributed by atoms with E-state index in [0.29, 0.717) is 5.92 Å². The van der Waals surface area contributed by atoms with Crippen LogP contribution in [0.1, 0.15) is 47.5 Å². The molecule has 0 amide bonds. The summed E-state index contributed by atoms with van der Waals surface area (Å²) in [5, 5.41) is 34.4. The number of hydrogen-bond acceptors (Lipinski definition) is 4. The minimum absolute atomic E-state index is 0.0584. The van der Waals surface area contributed by atoms with Crippen LogP contribution in [0.3, 0.4) is 0 Å². The molecule has 2 rings (SSSR count). The standard InChI is InChI=1S/C10H18O2.2C2H4O2/c1-9(2)6-4-5-10(9,3)8(12)7(6)11;2*1-2(3)4/h6-8,11-12H,4-5H2,1-3H3;2*1H3,(H,3,4). The first-order chi connectivity index (χ1) is 8.87. The highest BCUT2D eigenvalue weighted by Gasteiger charge is 2.65. The Balaban J connectivity index is 0.000000380. The second-order valence-corrected chi connectivity index (χ2v) is 6.26. The topological polar surface area (TPSA) is 115 Å². The van der Waals surface area contributed by atoms with Gasteiger partial charge in [-0.1, -0.05) is 20.8 Å². The van der Waals surface area contributed by atoms with Crippen LogP contribution in [0.5, 0.6) is 0 Å². The number of carboxylic acids is 2. The molecule has 2 saturated carbocycles. The third kappa shape index (κ3) is 3.70. The van der Waals surface area contributed by atoms with Crippen LogP contribution in [-0.2, 0) is 9.59 Å². The first kappa shape index (κ1) is 18.9. The zero-order chi connectivity index (χ0) is 16.3. The van der Waals surface area contributed by atoms with Gasteiger partial charge < -0.3 is 20.4 Å². The molecule has 6 heteroatoms. The maximum absolute atomic E-state index is 9.83. The molecular weight excluding hydrogens is 264 g/mol. The normalized spacial score (nSPS) is 36.2. The molecule has 4 unspecified atom stereocenters. The van der Waals surface area contributed by atoms with Crippen LogP contribution < -0.4 is 0 Å². The molecule has 2 fully saturated rings. The van der Waals surface area contributed by atoms with Gasteiger partial charge in [-0.3, -0.25) is 9.59 Å². The van der Waals surface area contributed by atoms with Gasteiger partial charge in [0, 0.05) is 19.3 Å². The Morgan fingerprint density at radius 3 is 1.50 bits per heavy atom. The van der Waals surface area contributed by atoms with Crippen molar-refractivity contribution in [3.05, 3.63) is 0 Å². The first-order valence-corrected chi connectivity index (χ1v) is 6.63. The van der Waals surface area contributed by atoms with Crippen molar-refractivity contribution in [1.29, 1.82) is 0 Å². The molecule has 0 aromatic rings. The molecule has 4 atom stereocenters. The largest absolute Gasteiger partial charge is 0.481 e. The Morgan fingerprint density at radius 1 is 1.00 bits per heavy atom. The van der Waals surface area contributed by atoms with E-state index in [-0.39, 0.29) is 10.8 Å². The zero-order valence-corrected chi connectivity index (χ0v) is 12.8. The van der Waals surface area contributed by atoms with Gasteiger partial charge in [-0.25, -0.2) is 0 Å². The molecule has 20 heavy (non-hydrogen) atoms. The Morgan fingerprint density at radius 2 is 1.35 bits per heavy atom. The van der Waals surface area contributed by atoms with E-state index in [1.54, 1.807) is 0 Å². The molecule has 118 valence electrons. The SMILES string of the molecule is CC(=O)O.CC(=O)O.CC1(C)C2CCC1(C)C(O)C2O. The van der Waals surface area contributed by atoms with Gasteiger partial charge in [0.15, 0.2) is 0 Å². The third-order valence-electron chi connectivity index (χ3n) is 4.76. The molecule has 2 aliphatic rings. The number of carbonyl (C=O) groups is 2. The van der Waals surface area contributed by atoms with Crippen LogP contribution in [0, 0.1) is 16.7 Å². The van der Waals surface area contributed by atoms with E-state index < -0.39 is 24.1 Å². The van der Waals surface area contributed by atoms with Crippen molar-refractivity contribution in [2.45, 2.75) is 59.7 Å². The third-order valence-corrected chi connectivity index (χ3v) is 4.76. The lowest BCUT2D eigenvalue weighted by Crippen LogP contribution is -2.39. The molecule has 0 spiro atoms. The van der Waals surface area contributed by atoms with Gasteiger partial charge in [-0.05, 0) is 24.2 Å². The van der Waals surface area contributed by atoms with Gasteiger partial charge in [-0.15, -0.1) is 0 Å². The van der Waals surface area contributed by atoms with Gasteiger partial charge in [0.05, 0.1) is 12.2 Å². The van der Waals surface area contributed by atoms with Gasteiger partial charge in [-0.2, -0.15) is 0 Å². The number of fused-ring (bicyclic) bond motifs is 2. The molecule has 6 nitrogen and oxygen atoms in total. The highest BCUT2D eigenvalue weighted by atomic mass is 16.4. The fourth-order valence-corrected chi connectivity index (χ4v) is 3.29. The molecular formula is C14H26O6. The zero-order valence-electron chi connectivity index (χ0n) is 12.8. The monoisotopic (exact) mass is 290 g/mol. The van der Waals surface area contributed by atoms with E-state index in [1.165, 1.54) is 0 Å². The average molecular weight is 290 g/mol. The van der Waals surface area contributed by atoms with Crippen molar-refractivity contribution in [2.24, 2.45) is 16.7 Å². The van der Waals surface area contributed by atoms with E-state index in [0.717, 1.165) is 26.7 Å². The fourth-order valence-electron chi connectivity index (χ4n) is 3.29. The van der Waals surface area contributed by atoms with Gasteiger partial charge in [0.1, 0.15) is 0 Å². The molecule has 2 aliphatic carbocycles. The maximum Gasteiger partial charge on any atom is 0.300 e. The summed E-state index contributed by atoms with van der Waals surface area (Å²) >= 11 is 0. The van der Waals surface area contributed by atoms with Gasteiger partial charge >= 0.3 is 0 Å². The van der Waals surface area contributed by atoms with Gasteiger partial charge in [0.2, 0.25) is 0 Å². The van der Waals surface area contributed by atoms with Crippen molar-refractivity contribution in [1.82, 2.24) is 0 Å². The van der Waals surface area contributed by atoms with E-state index in [1.807, 2.05) is 0 Å². The highest BCUT2D eigenvalue weighted by molar-refractivity contribution is 5.63. The summed E-state index contributed by atoms with van der Waals surface area (Å²) < 4.78 is 0. The molecule has 4 N–H and O–H groups in total. The van der Waals surface area contributed by atoms with Crippen molar-refractivity contribution in [2.75, 3.05) is 0 Å². The quantitative estimate of drug-likeness (QED) is 0.535. The Hall–Kier alpha value is -1.14. The molecule has 0 aromatic carbocycles. The van der Waals surface area contributed by atoms with Crippen molar-refractivity contribution >= 4 is 11.9 Å². The molecule has 0 radical (unpaired) electrons. The van der Waals surface area contributed by atoms with E-state index in [9.17, 15) is 10.2 Å². The van der Waals surface area contributed by atoms with Gasteiger partial charge in [0.25, 0.3) is 11.9 Å². The Bertz CT molecular complexity index is 345. The molecule has 0 saturated heterocycles. The summed E-state index contributed by atoms with van der Waals surface area (Å²) in [4.78, 5) is 18.0. The smallest absolute Gasteiger partial charge is 0.300 e. The van der Waals surface area contributed by atoms with Crippen molar-refractivity contribution in [3.8, 4) is 0 Å². The Labute approximate surface area is 119 Å². The Kier molecular flexibility index (Phi) is 6.17. The molecule has 0 aliphatic heterocycles. The number of aliphatic hydroxyl groups is 2.